The van der Waals surface area contributed by atoms with Crippen LogP contribution in [0.5, 0.6) is 0 Å². The summed E-state index contributed by atoms with van der Waals surface area (Å²) in [6, 6.07) is 10.9. The second-order valence-corrected chi connectivity index (χ2v) is 36.5. The molecule has 4 amide bonds. The smallest absolute Gasteiger partial charge is 0.409 e. The molecule has 36 heteroatoms. The number of anilines is 2. The number of piperidine rings is 1. The molecule has 3 fully saturated rings. The van der Waals surface area contributed by atoms with Gasteiger partial charge in [0.2, 0.25) is 17.6 Å². The van der Waals surface area contributed by atoms with Crippen LogP contribution in [0, 0.1) is 35.5 Å². The predicted molar refractivity (Wildman–Crippen MR) is 514 cm³/mol. The fourth-order valence-electron chi connectivity index (χ4n) is 18.2. The summed E-state index contributed by atoms with van der Waals surface area (Å²) in [6.45, 7) is 26.8. The van der Waals surface area contributed by atoms with Gasteiger partial charge in [0.1, 0.15) is 53.8 Å². The SMILES string of the molecule is CCC(=O)N(C)CCOCCOCCOCCOCCC(=O)N1CCc2cc(Cn3nc(-c4ccc5oc(N)nc5c4)c4c(N)ncnc43)ccc2C1.CCOCCOCCOCCOCCN(C)C(=O)O[C@@H]1CC[C@@H](C[C@@H](C)[C@@H]2C[C@@H](OC)[C@H](C)/C=C(\C)[C@@H](O)[C@@H](OC)C(=O)[C@H](C)C[C@H](C)/C=C/C=C/C=C(\C)[C@@H](OC)C[C@@H]3CC[C@@H](C)[C@@](O)(O3)C(=O)C(=O)N3CCCC[C@H]3C(=O)O2)C[C@H]1OC. The Kier molecular flexibility index (Phi) is 46.9. The van der Waals surface area contributed by atoms with Gasteiger partial charge in [0, 0.05) is 124 Å². The number of methoxy groups -OCH3 is 4. The number of amides is 4. The zero-order chi connectivity index (χ0) is 99.1. The molecule has 7 heterocycles. The number of carbonyl (C=O) groups is 7. The summed E-state index contributed by atoms with van der Waals surface area (Å²) in [7, 11) is 9.61. The van der Waals surface area contributed by atoms with Crippen molar-refractivity contribution < 1.29 is 119 Å². The number of aliphatic hydroxyl groups excluding tert-OH is 1. The summed E-state index contributed by atoms with van der Waals surface area (Å²) < 4.78 is 93.9. The number of ether oxygens (including phenoxy) is 15. The number of likely N-dealkylation sites (N-methyl/N-ethyl adjacent to an activating group) is 2. The van der Waals surface area contributed by atoms with Crippen LogP contribution in [0.15, 0.2) is 94.7 Å². The number of esters is 1. The lowest BCUT2D eigenvalue weighted by molar-refractivity contribution is -0.265. The van der Waals surface area contributed by atoms with E-state index in [-0.39, 0.29) is 66.7 Å². The van der Waals surface area contributed by atoms with Crippen LogP contribution in [0.3, 0.4) is 0 Å². The van der Waals surface area contributed by atoms with Gasteiger partial charge in [-0.15, -0.1) is 0 Å². The fraction of sp³-hybridized carbons (Fsp3) is 0.673. The number of nitrogens with two attached hydrogens (primary N) is 2. The number of ketones is 2. The molecular weight excluding hydrogens is 1770 g/mol. The van der Waals surface area contributed by atoms with Gasteiger partial charge >= 0.3 is 12.1 Å². The molecule has 3 aromatic heterocycles. The molecule has 6 N–H and O–H groups in total. The number of hydrogen-bond donors (Lipinski definition) is 4. The normalized spacial score (nSPS) is 26.3. The van der Waals surface area contributed by atoms with Gasteiger partial charge in [-0.3, -0.25) is 24.0 Å². The van der Waals surface area contributed by atoms with E-state index in [4.69, 9.17) is 92.0 Å². The van der Waals surface area contributed by atoms with Crippen LogP contribution >= 0.6 is 0 Å². The van der Waals surface area contributed by atoms with Gasteiger partial charge in [0.05, 0.1) is 142 Å². The maximum atomic E-state index is 14.8. The van der Waals surface area contributed by atoms with Crippen molar-refractivity contribution in [2.24, 2.45) is 35.5 Å². The molecule has 2 bridgehead atoms. The van der Waals surface area contributed by atoms with Crippen molar-refractivity contribution in [3.63, 3.8) is 0 Å². The monoisotopic (exact) mass is 1920 g/mol. The molecule has 36 nitrogen and oxygen atoms in total. The summed E-state index contributed by atoms with van der Waals surface area (Å²) in [5.74, 6) is -6.63. The summed E-state index contributed by atoms with van der Waals surface area (Å²) in [4.78, 5) is 115. The van der Waals surface area contributed by atoms with E-state index in [9.17, 15) is 43.8 Å². The van der Waals surface area contributed by atoms with E-state index >= 15 is 0 Å². The second kappa shape index (κ2) is 57.6. The maximum Gasteiger partial charge on any atom is 0.409 e. The van der Waals surface area contributed by atoms with Gasteiger partial charge < -0.3 is 117 Å². The van der Waals surface area contributed by atoms with Crippen molar-refractivity contribution >= 4 is 75.3 Å². The Bertz CT molecular complexity index is 4730. The zero-order valence-electron chi connectivity index (χ0n) is 83.3. The first-order valence-corrected chi connectivity index (χ1v) is 48.7. The molecule has 5 aromatic rings. The first kappa shape index (κ1) is 112. The first-order valence-electron chi connectivity index (χ1n) is 48.7. The highest BCUT2D eigenvalue weighted by atomic mass is 16.6. The largest absolute Gasteiger partial charge is 0.460 e. The Balaban J connectivity index is 0.000000338. The minimum atomic E-state index is -2.44. The van der Waals surface area contributed by atoms with Crippen LogP contribution in [0.25, 0.3) is 33.4 Å². The first-order chi connectivity index (χ1) is 65.9. The summed E-state index contributed by atoms with van der Waals surface area (Å²) in [5.41, 5.74) is 20.2. The van der Waals surface area contributed by atoms with Gasteiger partial charge in [-0.1, -0.05) is 96.2 Å². The number of aromatic nitrogens is 5. The number of hydrogen-bond acceptors (Lipinski definition) is 31. The van der Waals surface area contributed by atoms with Crippen LogP contribution in [-0.2, 0) is 119 Å². The van der Waals surface area contributed by atoms with Gasteiger partial charge in [-0.2, -0.15) is 10.1 Å². The molecule has 0 unspecified atom stereocenters. The Morgan fingerprint density at radius 1 is 0.679 bits per heavy atom. The lowest BCUT2D eigenvalue weighted by Crippen LogP contribution is -2.61. The van der Waals surface area contributed by atoms with E-state index in [2.05, 4.69) is 33.2 Å². The van der Waals surface area contributed by atoms with Gasteiger partial charge in [0.15, 0.2) is 17.0 Å². The predicted octanol–water partition coefficient (Wildman–Crippen LogP) is 10.8. The summed E-state index contributed by atoms with van der Waals surface area (Å²) >= 11 is 0. The average molecular weight is 1920 g/mol. The molecule has 762 valence electrons. The van der Waals surface area contributed by atoms with Crippen molar-refractivity contribution in [3.05, 3.63) is 107 Å². The number of rotatable bonds is 40. The Hall–Kier alpha value is -9.09. The number of oxazole rings is 1. The van der Waals surface area contributed by atoms with Crippen LogP contribution in [0.2, 0.25) is 0 Å². The van der Waals surface area contributed by atoms with Crippen LogP contribution in [0.1, 0.15) is 169 Å². The van der Waals surface area contributed by atoms with Crippen LogP contribution in [-0.4, -0.2) is 331 Å². The van der Waals surface area contributed by atoms with Crippen LogP contribution < -0.4 is 11.5 Å². The van der Waals surface area contributed by atoms with Gasteiger partial charge in [-0.05, 0) is 155 Å². The van der Waals surface area contributed by atoms with Crippen molar-refractivity contribution in [1.82, 2.24) is 44.3 Å². The molecule has 0 radical (unpaired) electrons. The summed E-state index contributed by atoms with van der Waals surface area (Å²) in [6.07, 6.45) is 14.1. The minimum Gasteiger partial charge on any atom is -0.460 e. The number of allylic oxidation sites excluding steroid dienone is 5. The Morgan fingerprint density at radius 2 is 1.34 bits per heavy atom. The number of Topliss-reactive ketones (excluding diaryl/α,β-unsaturated/α-hetero) is 2. The van der Waals surface area contributed by atoms with Crippen molar-refractivity contribution in [3.8, 4) is 11.3 Å². The number of fused-ring (bicyclic) bond motifs is 6. The van der Waals surface area contributed by atoms with E-state index in [1.54, 1.807) is 60.2 Å². The molecule has 4 aliphatic heterocycles. The topological polar surface area (TPSA) is 433 Å². The number of carbonyl (C=O) groups excluding carboxylic acids is 7. The molecule has 16 atom stereocenters. The fourth-order valence-corrected chi connectivity index (χ4v) is 18.2. The average Bonchev–Trinajstić information content (AvgIpc) is 1.63. The minimum absolute atomic E-state index is 0.0236. The molecule has 1 saturated carbocycles. The van der Waals surface area contributed by atoms with E-state index in [1.165, 1.54) is 28.8 Å². The summed E-state index contributed by atoms with van der Waals surface area (Å²) in [5, 5.41) is 29.4. The van der Waals surface area contributed by atoms with E-state index in [1.807, 2.05) is 107 Å². The third-order valence-corrected chi connectivity index (χ3v) is 26.4. The highest BCUT2D eigenvalue weighted by Gasteiger charge is 2.53. The van der Waals surface area contributed by atoms with Crippen molar-refractivity contribution in [2.75, 3.05) is 186 Å². The molecule has 2 aromatic carbocycles. The van der Waals surface area contributed by atoms with Crippen molar-refractivity contribution in [2.45, 2.75) is 232 Å². The highest BCUT2D eigenvalue weighted by molar-refractivity contribution is 6.39. The third-order valence-electron chi connectivity index (χ3n) is 26.4. The molecule has 0 spiro atoms. The lowest BCUT2D eigenvalue weighted by atomic mass is 9.78. The third kappa shape index (κ3) is 33.6. The van der Waals surface area contributed by atoms with E-state index < -0.39 is 96.2 Å². The number of nitrogens with zero attached hydrogens (tertiary/aromatic N) is 9. The zero-order valence-corrected chi connectivity index (χ0v) is 83.3. The van der Waals surface area contributed by atoms with Crippen molar-refractivity contribution in [1.29, 1.82) is 0 Å². The molecule has 5 aliphatic rings. The molecule has 1 aliphatic carbocycles. The highest BCUT2D eigenvalue weighted by Crippen LogP contribution is 2.40. The number of aliphatic hydroxyl groups is 2. The van der Waals surface area contributed by atoms with Gasteiger partial charge in [-0.25, -0.2) is 24.2 Å². The molecule has 137 heavy (non-hydrogen) atoms. The molecule has 10 rings (SSSR count). The number of cyclic esters (lactones) is 1. The number of nitrogen functional groups attached to an aromatic ring is 2. The lowest BCUT2D eigenvalue weighted by Gasteiger charge is -2.43. The Labute approximate surface area is 807 Å². The quantitative estimate of drug-likeness (QED) is 0.0122. The van der Waals surface area contributed by atoms with Crippen LogP contribution in [0.4, 0.5) is 16.6 Å². The second-order valence-electron chi connectivity index (χ2n) is 36.5. The maximum absolute atomic E-state index is 14.8. The van der Waals surface area contributed by atoms with E-state index in [0.717, 1.165) is 28.7 Å². The molecule has 2 saturated heterocycles. The van der Waals surface area contributed by atoms with E-state index in [0.29, 0.717) is 255 Å². The Morgan fingerprint density at radius 3 is 2.00 bits per heavy atom. The van der Waals surface area contributed by atoms with Gasteiger partial charge in [0.25, 0.3) is 17.7 Å². The standard InChI is InChI=1S/C64H106N2O18.C37H47N9O7/c1-14-78-30-31-80-34-35-81-33-32-79-29-28-65(9)63(72)83-52-26-24-49(39-56(52)76-12)38-45(5)55-41-54(75-11)44(4)37-47(7)58(68)59(77-13)57(67)46(6)36-42(2)20-16-15-17-21-43(3)53(74-10)40-50-25-23-48(8)64(73,84-50)60(69)61(70)66-27-19-18-22-51(66)62(71)82-55;1-3-31(47)44(2)11-13-50-15-17-52-19-18-51-16-14-49-12-9-32(48)45-10-8-26-20-25(4-5-28(26)23-45)22-46-36-33(35(38)40-24-41-36)34(43-46)27-6-7-30-29(21-27)42-37(39)53-30/h15-17,20-21,37,42,44-46,48-56,58-59,68,73H,14,18-19,22-36,38-41H2,1-13H3;4-7,20-21,24H,3,8-19,22-23H2,1-2H3,(H2,39,42)(H2,38,40,41)/b17-15+,20-16+,43-21+,47-37+;/t42-,44-,45-,46-,48-,49+,50+,51+,52-,53+,54-,55+,56-,58-,59+,64-;/m1./s1. The number of benzene rings is 2. The molecular formula is C101H153N11O25.